The number of benzene rings is 2. The summed E-state index contributed by atoms with van der Waals surface area (Å²) in [5, 5.41) is 0. The molecule has 0 aromatic heterocycles. The Balaban J connectivity index is 1.59. The van der Waals surface area contributed by atoms with Crippen molar-refractivity contribution in [3.8, 4) is 0 Å². The van der Waals surface area contributed by atoms with E-state index in [-0.39, 0.29) is 17.9 Å². The maximum Gasteiger partial charge on any atom is 0.328 e. The van der Waals surface area contributed by atoms with Gasteiger partial charge in [0.15, 0.2) is 0 Å². The highest BCUT2D eigenvalue weighted by Crippen LogP contribution is 2.35. The number of cyclic esters (lactones) is 1. The van der Waals surface area contributed by atoms with Crippen molar-refractivity contribution in [2.45, 2.75) is 38.0 Å². The third kappa shape index (κ3) is 3.63. The Labute approximate surface area is 160 Å². The van der Waals surface area contributed by atoms with Gasteiger partial charge in [-0.25, -0.2) is 10.2 Å². The molecule has 2 aliphatic heterocycles. The van der Waals surface area contributed by atoms with Crippen molar-refractivity contribution in [2.75, 3.05) is 13.2 Å². The van der Waals surface area contributed by atoms with Gasteiger partial charge in [0.1, 0.15) is 5.54 Å². The predicted octanol–water partition coefficient (Wildman–Crippen LogP) is 2.49. The number of carbonyl (C=O) groups is 1. The molecule has 2 aromatic rings. The van der Waals surface area contributed by atoms with E-state index < -0.39 is 5.54 Å². The summed E-state index contributed by atoms with van der Waals surface area (Å²) in [7, 11) is 0. The topological polar surface area (TPSA) is 53.6 Å². The van der Waals surface area contributed by atoms with E-state index >= 15 is 0 Å². The van der Waals surface area contributed by atoms with Crippen molar-refractivity contribution in [3.63, 3.8) is 0 Å². The second-order valence-electron chi connectivity index (χ2n) is 7.59. The summed E-state index contributed by atoms with van der Waals surface area (Å²) in [6.45, 7) is 5.18. The summed E-state index contributed by atoms with van der Waals surface area (Å²) < 4.78 is 5.33. The van der Waals surface area contributed by atoms with Crippen LogP contribution >= 0.6 is 0 Å². The highest BCUT2D eigenvalue weighted by molar-refractivity contribution is 5.83. The second kappa shape index (κ2) is 7.80. The molecule has 27 heavy (non-hydrogen) atoms. The van der Waals surface area contributed by atoms with Crippen molar-refractivity contribution in [3.05, 3.63) is 71.8 Å². The van der Waals surface area contributed by atoms with Crippen LogP contribution in [0.3, 0.4) is 0 Å². The molecule has 2 heterocycles. The molecule has 0 bridgehead atoms. The number of hydrazine groups is 1. The van der Waals surface area contributed by atoms with Gasteiger partial charge in [-0.05, 0) is 18.1 Å². The Hall–Kier alpha value is -2.21. The Morgan fingerprint density at radius 2 is 1.67 bits per heavy atom. The predicted molar refractivity (Wildman–Crippen MR) is 105 cm³/mol. The van der Waals surface area contributed by atoms with Gasteiger partial charge in [0.2, 0.25) is 0 Å². The first-order valence-electron chi connectivity index (χ1n) is 9.68. The average molecular weight is 365 g/mol. The van der Waals surface area contributed by atoms with Crippen LogP contribution in [0.25, 0.3) is 0 Å². The number of nitrogens with one attached hydrogen (secondary N) is 2. The van der Waals surface area contributed by atoms with Crippen molar-refractivity contribution >= 4 is 5.97 Å². The Morgan fingerprint density at radius 1 is 1.07 bits per heavy atom. The van der Waals surface area contributed by atoms with Crippen molar-refractivity contribution in [1.82, 2.24) is 15.8 Å². The van der Waals surface area contributed by atoms with E-state index in [0.717, 1.165) is 26.1 Å². The van der Waals surface area contributed by atoms with E-state index in [9.17, 15) is 4.79 Å². The normalized spacial score (nSPS) is 25.9. The number of hydrogen-bond acceptors (Lipinski definition) is 5. The van der Waals surface area contributed by atoms with Gasteiger partial charge in [-0.2, -0.15) is 0 Å². The fraction of sp³-hybridized carbons (Fsp3) is 0.409. The summed E-state index contributed by atoms with van der Waals surface area (Å²) >= 11 is 0. The lowest BCUT2D eigenvalue weighted by Gasteiger charge is -2.38. The second-order valence-corrected chi connectivity index (χ2v) is 7.59. The third-order valence-corrected chi connectivity index (χ3v) is 5.98. The molecule has 0 aliphatic carbocycles. The van der Waals surface area contributed by atoms with Crippen LogP contribution in [0.15, 0.2) is 60.7 Å². The zero-order valence-electron chi connectivity index (χ0n) is 15.7. The molecule has 2 aliphatic rings. The highest BCUT2D eigenvalue weighted by Gasteiger charge is 2.56. The van der Waals surface area contributed by atoms with Crippen LogP contribution in [0, 0.1) is 5.92 Å². The lowest BCUT2D eigenvalue weighted by molar-refractivity contribution is -0.145. The SMILES string of the molecule is C[C@@H]([C@@H]1CNN[C@@]12CCOC2=O)N(Cc1ccccc1)Cc1ccccc1. The summed E-state index contributed by atoms with van der Waals surface area (Å²) in [6.07, 6.45) is 0.721. The van der Waals surface area contributed by atoms with Gasteiger partial charge in [-0.1, -0.05) is 60.7 Å². The van der Waals surface area contributed by atoms with Crippen molar-refractivity contribution in [1.29, 1.82) is 0 Å². The molecule has 2 fully saturated rings. The molecule has 2 N–H and O–H groups in total. The Bertz CT molecular complexity index is 722. The molecule has 0 radical (unpaired) electrons. The number of hydrogen-bond donors (Lipinski definition) is 2. The molecule has 0 amide bonds. The van der Waals surface area contributed by atoms with Gasteiger partial charge in [-0.3, -0.25) is 10.3 Å². The van der Waals surface area contributed by atoms with E-state index in [2.05, 4.69) is 71.2 Å². The molecular formula is C22H27N3O2. The molecule has 142 valence electrons. The quantitative estimate of drug-likeness (QED) is 0.771. The molecule has 0 unspecified atom stereocenters. The molecule has 2 saturated heterocycles. The van der Waals surface area contributed by atoms with Crippen LogP contribution in [0.5, 0.6) is 0 Å². The first-order chi connectivity index (χ1) is 13.2. The van der Waals surface area contributed by atoms with E-state index in [0.29, 0.717) is 6.61 Å². The summed E-state index contributed by atoms with van der Waals surface area (Å²) in [5.41, 5.74) is 8.42. The minimum absolute atomic E-state index is 0.122. The molecule has 1 spiro atoms. The minimum Gasteiger partial charge on any atom is -0.464 e. The lowest BCUT2D eigenvalue weighted by Crippen LogP contribution is -2.56. The lowest BCUT2D eigenvalue weighted by atomic mass is 9.79. The van der Waals surface area contributed by atoms with E-state index in [1.54, 1.807) is 0 Å². The zero-order valence-corrected chi connectivity index (χ0v) is 15.7. The van der Waals surface area contributed by atoms with Gasteiger partial charge in [0.05, 0.1) is 6.61 Å². The van der Waals surface area contributed by atoms with E-state index in [4.69, 9.17) is 4.74 Å². The molecule has 5 heteroatoms. The third-order valence-electron chi connectivity index (χ3n) is 5.98. The fourth-order valence-electron chi connectivity index (χ4n) is 4.39. The number of rotatable bonds is 6. The van der Waals surface area contributed by atoms with Gasteiger partial charge in [-0.15, -0.1) is 0 Å². The van der Waals surface area contributed by atoms with Crippen LogP contribution in [0.1, 0.15) is 24.5 Å². The van der Waals surface area contributed by atoms with Crippen LogP contribution in [0.4, 0.5) is 0 Å². The monoisotopic (exact) mass is 365 g/mol. The fourth-order valence-corrected chi connectivity index (χ4v) is 4.39. The van der Waals surface area contributed by atoms with Crippen LogP contribution < -0.4 is 10.9 Å². The number of ether oxygens (including phenoxy) is 1. The molecular weight excluding hydrogens is 338 g/mol. The largest absolute Gasteiger partial charge is 0.464 e. The molecule has 4 rings (SSSR count). The van der Waals surface area contributed by atoms with Crippen LogP contribution in [-0.4, -0.2) is 35.6 Å². The Morgan fingerprint density at radius 3 is 2.19 bits per heavy atom. The summed E-state index contributed by atoms with van der Waals surface area (Å²) in [6, 6.07) is 21.3. The first kappa shape index (κ1) is 18.2. The number of nitrogens with zero attached hydrogens (tertiary/aromatic N) is 1. The minimum atomic E-state index is -0.606. The van der Waals surface area contributed by atoms with Crippen molar-refractivity contribution < 1.29 is 9.53 Å². The molecule has 5 nitrogen and oxygen atoms in total. The first-order valence-corrected chi connectivity index (χ1v) is 9.68. The molecule has 2 aromatic carbocycles. The van der Waals surface area contributed by atoms with Gasteiger partial charge in [0, 0.05) is 38.0 Å². The average Bonchev–Trinajstić information content (AvgIpc) is 3.29. The number of carbonyl (C=O) groups excluding carboxylic acids is 1. The van der Waals surface area contributed by atoms with Gasteiger partial charge in [0.25, 0.3) is 0 Å². The Kier molecular flexibility index (Phi) is 5.25. The molecule has 3 atom stereocenters. The maximum atomic E-state index is 12.5. The van der Waals surface area contributed by atoms with Gasteiger partial charge >= 0.3 is 5.97 Å². The van der Waals surface area contributed by atoms with Crippen molar-refractivity contribution in [2.24, 2.45) is 5.92 Å². The highest BCUT2D eigenvalue weighted by atomic mass is 16.5. The molecule has 0 saturated carbocycles. The standard InChI is InChI=1S/C22H27N3O2/c1-17(20-14-23-24-22(20)12-13-27-21(22)26)25(15-18-8-4-2-5-9-18)16-19-10-6-3-7-11-19/h2-11,17,20,23-24H,12-16H2,1H3/t17-,20-,22-/m0/s1. The summed E-state index contributed by atoms with van der Waals surface area (Å²) in [5.74, 6) is 0.0312. The van der Waals surface area contributed by atoms with E-state index in [1.807, 2.05) is 12.1 Å². The number of esters is 1. The van der Waals surface area contributed by atoms with E-state index in [1.165, 1.54) is 11.1 Å². The zero-order chi connectivity index (χ0) is 18.7. The summed E-state index contributed by atoms with van der Waals surface area (Å²) in [4.78, 5) is 15.0. The van der Waals surface area contributed by atoms with Gasteiger partial charge < -0.3 is 4.74 Å². The van der Waals surface area contributed by atoms with Crippen LogP contribution in [0.2, 0.25) is 0 Å². The smallest absolute Gasteiger partial charge is 0.328 e. The maximum absolute atomic E-state index is 12.5. The van der Waals surface area contributed by atoms with Crippen LogP contribution in [-0.2, 0) is 22.6 Å².